The molecule has 0 aromatic heterocycles. The Morgan fingerprint density at radius 3 is 2.83 bits per heavy atom. The summed E-state index contributed by atoms with van der Waals surface area (Å²) in [6.45, 7) is 0.612. The molecule has 1 aliphatic heterocycles. The molecule has 2 aromatic rings. The maximum absolute atomic E-state index is 13.6. The molecule has 0 spiro atoms. The van der Waals surface area contributed by atoms with Gasteiger partial charge in [-0.2, -0.15) is 0 Å². The minimum Gasteiger partial charge on any atom is -0.496 e. The lowest BCUT2D eigenvalue weighted by atomic mass is 10.00. The lowest BCUT2D eigenvalue weighted by molar-refractivity contribution is 0.357. The second-order valence-corrected chi connectivity index (χ2v) is 4.24. The van der Waals surface area contributed by atoms with E-state index in [9.17, 15) is 4.39 Å². The van der Waals surface area contributed by atoms with E-state index in [1.807, 2.05) is 24.3 Å². The molecule has 0 atom stereocenters. The number of methoxy groups -OCH3 is 1. The van der Waals surface area contributed by atoms with Gasteiger partial charge in [-0.3, -0.25) is 0 Å². The van der Waals surface area contributed by atoms with Crippen molar-refractivity contribution in [2.75, 3.05) is 13.7 Å². The van der Waals surface area contributed by atoms with Gasteiger partial charge in [0.1, 0.15) is 17.3 Å². The third-order valence-electron chi connectivity index (χ3n) is 3.15. The average Bonchev–Trinajstić information content (AvgIpc) is 2.85. The number of para-hydroxylation sites is 1. The van der Waals surface area contributed by atoms with Crippen LogP contribution in [0.3, 0.4) is 0 Å². The molecule has 0 bridgehead atoms. The summed E-state index contributed by atoms with van der Waals surface area (Å²) in [5.74, 6) is 1.27. The van der Waals surface area contributed by atoms with Crippen molar-refractivity contribution in [2.45, 2.75) is 6.42 Å². The quantitative estimate of drug-likeness (QED) is 0.805. The SMILES string of the molecule is COc1ccccc1-c1cc(F)cc2c1OCC2. The second kappa shape index (κ2) is 4.33. The van der Waals surface area contributed by atoms with E-state index in [-0.39, 0.29) is 5.82 Å². The summed E-state index contributed by atoms with van der Waals surface area (Å²) in [5, 5.41) is 0. The zero-order valence-corrected chi connectivity index (χ0v) is 10.1. The highest BCUT2D eigenvalue weighted by Gasteiger charge is 2.20. The monoisotopic (exact) mass is 244 g/mol. The van der Waals surface area contributed by atoms with E-state index in [4.69, 9.17) is 9.47 Å². The van der Waals surface area contributed by atoms with E-state index in [1.54, 1.807) is 13.2 Å². The van der Waals surface area contributed by atoms with Crippen LogP contribution in [0.15, 0.2) is 36.4 Å². The predicted octanol–water partition coefficient (Wildman–Crippen LogP) is 3.44. The molecule has 3 rings (SSSR count). The molecule has 1 aliphatic rings. The molecule has 3 heteroatoms. The Kier molecular flexibility index (Phi) is 2.67. The lowest BCUT2D eigenvalue weighted by Gasteiger charge is -2.12. The summed E-state index contributed by atoms with van der Waals surface area (Å²) in [6.07, 6.45) is 0.759. The zero-order chi connectivity index (χ0) is 12.5. The Bertz CT molecular complexity index is 593. The van der Waals surface area contributed by atoms with E-state index in [0.717, 1.165) is 34.6 Å². The minimum absolute atomic E-state index is 0.236. The normalized spacial score (nSPS) is 13.0. The summed E-state index contributed by atoms with van der Waals surface area (Å²) in [5.41, 5.74) is 2.55. The number of ether oxygens (including phenoxy) is 2. The Morgan fingerprint density at radius 1 is 1.17 bits per heavy atom. The van der Waals surface area contributed by atoms with Gasteiger partial charge in [-0.25, -0.2) is 4.39 Å². The largest absolute Gasteiger partial charge is 0.496 e. The van der Waals surface area contributed by atoms with Gasteiger partial charge in [0.2, 0.25) is 0 Å². The Labute approximate surface area is 105 Å². The van der Waals surface area contributed by atoms with Crippen LogP contribution in [0.25, 0.3) is 11.1 Å². The van der Waals surface area contributed by atoms with Gasteiger partial charge in [-0.1, -0.05) is 18.2 Å². The Hall–Kier alpha value is -2.03. The third kappa shape index (κ3) is 1.72. The highest BCUT2D eigenvalue weighted by molar-refractivity contribution is 5.77. The molecule has 18 heavy (non-hydrogen) atoms. The first-order valence-corrected chi connectivity index (χ1v) is 5.88. The van der Waals surface area contributed by atoms with E-state index >= 15 is 0 Å². The number of benzene rings is 2. The number of hydrogen-bond acceptors (Lipinski definition) is 2. The van der Waals surface area contributed by atoms with Crippen molar-refractivity contribution in [1.29, 1.82) is 0 Å². The molecule has 2 aromatic carbocycles. The molecular weight excluding hydrogens is 231 g/mol. The van der Waals surface area contributed by atoms with Crippen LogP contribution in [0.5, 0.6) is 11.5 Å². The molecule has 0 amide bonds. The van der Waals surface area contributed by atoms with Crippen LogP contribution in [-0.4, -0.2) is 13.7 Å². The molecule has 1 heterocycles. The van der Waals surface area contributed by atoms with E-state index in [2.05, 4.69) is 0 Å². The summed E-state index contributed by atoms with van der Waals surface area (Å²) >= 11 is 0. The summed E-state index contributed by atoms with van der Waals surface area (Å²) in [6, 6.07) is 10.6. The van der Waals surface area contributed by atoms with Gasteiger partial charge in [0.05, 0.1) is 13.7 Å². The van der Waals surface area contributed by atoms with Crippen molar-refractivity contribution in [3.05, 3.63) is 47.8 Å². The molecular formula is C15H13FO2. The number of rotatable bonds is 2. The fourth-order valence-corrected chi connectivity index (χ4v) is 2.34. The third-order valence-corrected chi connectivity index (χ3v) is 3.15. The first kappa shape index (κ1) is 11.1. The van der Waals surface area contributed by atoms with Gasteiger partial charge in [0.25, 0.3) is 0 Å². The molecule has 0 saturated heterocycles. The minimum atomic E-state index is -0.236. The molecule has 0 radical (unpaired) electrons. The fraction of sp³-hybridized carbons (Fsp3) is 0.200. The van der Waals surface area contributed by atoms with Crippen molar-refractivity contribution < 1.29 is 13.9 Å². The van der Waals surface area contributed by atoms with Crippen molar-refractivity contribution >= 4 is 0 Å². The van der Waals surface area contributed by atoms with Gasteiger partial charge in [-0.05, 0) is 18.2 Å². The first-order valence-electron chi connectivity index (χ1n) is 5.88. The van der Waals surface area contributed by atoms with Crippen molar-refractivity contribution in [1.82, 2.24) is 0 Å². The number of halogens is 1. The predicted molar refractivity (Wildman–Crippen MR) is 67.6 cm³/mol. The highest BCUT2D eigenvalue weighted by atomic mass is 19.1. The van der Waals surface area contributed by atoms with Crippen LogP contribution in [0.1, 0.15) is 5.56 Å². The summed E-state index contributed by atoms with van der Waals surface area (Å²) in [4.78, 5) is 0. The average molecular weight is 244 g/mol. The molecule has 2 nitrogen and oxygen atoms in total. The van der Waals surface area contributed by atoms with Gasteiger partial charge in [0.15, 0.2) is 0 Å². The van der Waals surface area contributed by atoms with Crippen LogP contribution in [0.2, 0.25) is 0 Å². The Balaban J connectivity index is 2.23. The molecule has 0 aliphatic carbocycles. The standard InChI is InChI=1S/C15H13FO2/c1-17-14-5-3-2-4-12(14)13-9-11(16)8-10-6-7-18-15(10)13/h2-5,8-9H,6-7H2,1H3. The van der Waals surface area contributed by atoms with E-state index in [1.165, 1.54) is 6.07 Å². The summed E-state index contributed by atoms with van der Waals surface area (Å²) in [7, 11) is 1.61. The van der Waals surface area contributed by atoms with Crippen LogP contribution < -0.4 is 9.47 Å². The van der Waals surface area contributed by atoms with Crippen molar-refractivity contribution in [3.8, 4) is 22.6 Å². The van der Waals surface area contributed by atoms with E-state index < -0.39 is 0 Å². The lowest BCUT2D eigenvalue weighted by Crippen LogP contribution is -1.92. The second-order valence-electron chi connectivity index (χ2n) is 4.24. The smallest absolute Gasteiger partial charge is 0.130 e. The summed E-state index contributed by atoms with van der Waals surface area (Å²) < 4.78 is 24.6. The van der Waals surface area contributed by atoms with Gasteiger partial charge in [-0.15, -0.1) is 0 Å². The van der Waals surface area contributed by atoms with Gasteiger partial charge in [0, 0.05) is 23.1 Å². The maximum Gasteiger partial charge on any atom is 0.130 e. The molecule has 0 saturated carbocycles. The Morgan fingerprint density at radius 2 is 2.00 bits per heavy atom. The fourth-order valence-electron chi connectivity index (χ4n) is 2.34. The number of hydrogen-bond donors (Lipinski definition) is 0. The molecule has 0 unspecified atom stereocenters. The van der Waals surface area contributed by atoms with Crippen molar-refractivity contribution in [3.63, 3.8) is 0 Å². The maximum atomic E-state index is 13.6. The zero-order valence-electron chi connectivity index (χ0n) is 10.1. The topological polar surface area (TPSA) is 18.5 Å². The molecule has 0 fully saturated rings. The van der Waals surface area contributed by atoms with Gasteiger partial charge < -0.3 is 9.47 Å². The van der Waals surface area contributed by atoms with Crippen molar-refractivity contribution in [2.24, 2.45) is 0 Å². The highest BCUT2D eigenvalue weighted by Crippen LogP contribution is 2.41. The van der Waals surface area contributed by atoms with Crippen LogP contribution in [0.4, 0.5) is 4.39 Å². The number of fused-ring (bicyclic) bond motifs is 1. The molecule has 92 valence electrons. The van der Waals surface area contributed by atoms with Crippen LogP contribution >= 0.6 is 0 Å². The van der Waals surface area contributed by atoms with Crippen LogP contribution in [-0.2, 0) is 6.42 Å². The van der Waals surface area contributed by atoms with Gasteiger partial charge >= 0.3 is 0 Å². The van der Waals surface area contributed by atoms with Crippen LogP contribution in [0, 0.1) is 5.82 Å². The van der Waals surface area contributed by atoms with E-state index in [0.29, 0.717) is 6.61 Å². The molecule has 0 N–H and O–H groups in total. The first-order chi connectivity index (χ1) is 8.79.